The predicted molar refractivity (Wildman–Crippen MR) is 77.9 cm³/mol. The first-order chi connectivity index (χ1) is 10.1. The Balaban J connectivity index is 1.71. The molecule has 1 aliphatic rings. The maximum atomic E-state index is 13.7. The Kier molecular flexibility index (Phi) is 3.40. The smallest absolute Gasteiger partial charge is 0.183 e. The van der Waals surface area contributed by atoms with E-state index in [9.17, 15) is 4.39 Å². The van der Waals surface area contributed by atoms with Crippen LogP contribution in [0.1, 0.15) is 11.3 Å². The molecule has 0 saturated carbocycles. The van der Waals surface area contributed by atoms with Crippen LogP contribution in [0.4, 0.5) is 16.0 Å². The van der Waals surface area contributed by atoms with Crippen LogP contribution in [0.2, 0.25) is 0 Å². The van der Waals surface area contributed by atoms with Gasteiger partial charge in [-0.3, -0.25) is 0 Å². The van der Waals surface area contributed by atoms with Crippen molar-refractivity contribution in [2.75, 3.05) is 29.9 Å². The summed E-state index contributed by atoms with van der Waals surface area (Å²) in [5, 5.41) is 0. The van der Waals surface area contributed by atoms with Gasteiger partial charge in [-0.05, 0) is 13.8 Å². The van der Waals surface area contributed by atoms with E-state index in [4.69, 9.17) is 0 Å². The summed E-state index contributed by atoms with van der Waals surface area (Å²) in [6, 6.07) is 0.212. The average molecular weight is 288 g/mol. The van der Waals surface area contributed by atoms with Gasteiger partial charge in [0, 0.05) is 31.4 Å². The molecule has 0 spiro atoms. The molecule has 110 valence electrons. The first-order valence-corrected chi connectivity index (χ1v) is 6.79. The van der Waals surface area contributed by atoms with E-state index in [2.05, 4.69) is 24.8 Å². The number of halogens is 1. The van der Waals surface area contributed by atoms with E-state index in [1.54, 1.807) is 6.33 Å². The van der Waals surface area contributed by atoms with Gasteiger partial charge in [0.25, 0.3) is 0 Å². The molecule has 2 aromatic heterocycles. The van der Waals surface area contributed by atoms with Crippen LogP contribution in [0.5, 0.6) is 0 Å². The van der Waals surface area contributed by atoms with Crippen molar-refractivity contribution in [1.82, 2.24) is 19.9 Å². The molecule has 2 aromatic rings. The Morgan fingerprint density at radius 2 is 1.95 bits per heavy atom. The molecule has 0 aliphatic carbocycles. The van der Waals surface area contributed by atoms with Crippen LogP contribution in [0.15, 0.2) is 18.9 Å². The number of hydrogen-bond donors (Lipinski definition) is 0. The van der Waals surface area contributed by atoms with E-state index in [0.717, 1.165) is 30.2 Å². The molecular formula is C14H17FN6. The molecule has 1 saturated heterocycles. The lowest BCUT2D eigenvalue weighted by atomic mass is 10.1. The van der Waals surface area contributed by atoms with Gasteiger partial charge in [0.15, 0.2) is 11.6 Å². The third kappa shape index (κ3) is 2.39. The number of aryl methyl sites for hydroxylation is 1. The summed E-state index contributed by atoms with van der Waals surface area (Å²) in [5.74, 6) is 0.896. The van der Waals surface area contributed by atoms with Crippen molar-refractivity contribution in [1.29, 1.82) is 0 Å². The average Bonchev–Trinajstić information content (AvgIpc) is 2.42. The summed E-state index contributed by atoms with van der Waals surface area (Å²) in [6.07, 6.45) is 4.13. The molecule has 3 rings (SSSR count). The maximum Gasteiger partial charge on any atom is 0.183 e. The molecule has 1 fully saturated rings. The third-order valence-electron chi connectivity index (χ3n) is 4.00. The SMILES string of the molecule is Cc1ncnc(N2CC(N(C)c3ncncc3F)C2)c1C. The molecule has 0 radical (unpaired) electrons. The highest BCUT2D eigenvalue weighted by Crippen LogP contribution is 2.27. The predicted octanol–water partition coefficient (Wildman–Crippen LogP) is 1.35. The number of likely N-dealkylation sites (N-methyl/N-ethyl adjacent to an activating group) is 1. The summed E-state index contributed by atoms with van der Waals surface area (Å²) in [4.78, 5) is 20.2. The van der Waals surface area contributed by atoms with E-state index in [1.165, 1.54) is 12.5 Å². The lowest BCUT2D eigenvalue weighted by Gasteiger charge is -2.45. The maximum absolute atomic E-state index is 13.7. The first-order valence-electron chi connectivity index (χ1n) is 6.79. The summed E-state index contributed by atoms with van der Waals surface area (Å²) in [7, 11) is 1.85. The number of aromatic nitrogens is 4. The highest BCUT2D eigenvalue weighted by molar-refractivity contribution is 5.52. The Labute approximate surface area is 122 Å². The number of rotatable bonds is 3. The van der Waals surface area contributed by atoms with E-state index < -0.39 is 5.82 Å². The van der Waals surface area contributed by atoms with Crippen molar-refractivity contribution >= 4 is 11.6 Å². The van der Waals surface area contributed by atoms with E-state index in [0.29, 0.717) is 5.82 Å². The molecule has 1 aliphatic heterocycles. The molecule has 6 nitrogen and oxygen atoms in total. The fourth-order valence-electron chi connectivity index (χ4n) is 2.46. The van der Waals surface area contributed by atoms with Crippen LogP contribution in [0.25, 0.3) is 0 Å². The second kappa shape index (κ2) is 5.23. The van der Waals surface area contributed by atoms with E-state index in [1.807, 2.05) is 25.8 Å². The number of nitrogens with zero attached hydrogens (tertiary/aromatic N) is 6. The van der Waals surface area contributed by atoms with Crippen molar-refractivity contribution in [3.05, 3.63) is 35.9 Å². The zero-order valence-electron chi connectivity index (χ0n) is 12.3. The van der Waals surface area contributed by atoms with Gasteiger partial charge in [-0.15, -0.1) is 0 Å². The second-order valence-electron chi connectivity index (χ2n) is 5.27. The standard InChI is InChI=1S/C14H17FN6/c1-9-10(2)17-8-19-13(9)21-5-11(6-21)20(3)14-12(15)4-16-7-18-14/h4,7-8,11H,5-6H2,1-3H3. The lowest BCUT2D eigenvalue weighted by Crippen LogP contribution is -2.59. The van der Waals surface area contributed by atoms with Gasteiger partial charge in [0.2, 0.25) is 0 Å². The molecule has 0 amide bonds. The Morgan fingerprint density at radius 1 is 1.19 bits per heavy atom. The lowest BCUT2D eigenvalue weighted by molar-refractivity contribution is 0.479. The van der Waals surface area contributed by atoms with Gasteiger partial charge >= 0.3 is 0 Å². The minimum atomic E-state index is -0.396. The van der Waals surface area contributed by atoms with Gasteiger partial charge in [0.1, 0.15) is 18.5 Å². The Hall–Kier alpha value is -2.31. The van der Waals surface area contributed by atoms with Crippen molar-refractivity contribution < 1.29 is 4.39 Å². The molecule has 0 unspecified atom stereocenters. The van der Waals surface area contributed by atoms with Crippen molar-refractivity contribution in [3.63, 3.8) is 0 Å². The fraction of sp³-hybridized carbons (Fsp3) is 0.429. The number of anilines is 2. The van der Waals surface area contributed by atoms with Gasteiger partial charge in [-0.2, -0.15) is 0 Å². The summed E-state index contributed by atoms with van der Waals surface area (Å²) < 4.78 is 13.7. The van der Waals surface area contributed by atoms with Crippen LogP contribution < -0.4 is 9.80 Å². The monoisotopic (exact) mass is 288 g/mol. The minimum Gasteiger partial charge on any atom is -0.352 e. The normalized spacial score (nSPS) is 15.0. The van der Waals surface area contributed by atoms with Crippen molar-refractivity contribution in [2.24, 2.45) is 0 Å². The van der Waals surface area contributed by atoms with Crippen molar-refractivity contribution in [3.8, 4) is 0 Å². The highest BCUT2D eigenvalue weighted by atomic mass is 19.1. The largest absolute Gasteiger partial charge is 0.352 e. The molecule has 0 atom stereocenters. The van der Waals surface area contributed by atoms with Crippen LogP contribution in [-0.2, 0) is 0 Å². The molecule has 21 heavy (non-hydrogen) atoms. The van der Waals surface area contributed by atoms with Gasteiger partial charge < -0.3 is 9.80 Å². The zero-order chi connectivity index (χ0) is 15.0. The van der Waals surface area contributed by atoms with Crippen LogP contribution in [0, 0.1) is 19.7 Å². The van der Waals surface area contributed by atoms with E-state index in [-0.39, 0.29) is 6.04 Å². The molecule has 0 N–H and O–H groups in total. The second-order valence-corrected chi connectivity index (χ2v) is 5.27. The number of hydrogen-bond acceptors (Lipinski definition) is 6. The fourth-order valence-corrected chi connectivity index (χ4v) is 2.46. The topological polar surface area (TPSA) is 58.0 Å². The highest BCUT2D eigenvalue weighted by Gasteiger charge is 2.33. The minimum absolute atomic E-state index is 0.212. The molecule has 7 heteroatoms. The van der Waals surface area contributed by atoms with Crippen molar-refractivity contribution in [2.45, 2.75) is 19.9 Å². The summed E-state index contributed by atoms with van der Waals surface area (Å²) in [6.45, 7) is 5.57. The van der Waals surface area contributed by atoms with Crippen LogP contribution in [0.3, 0.4) is 0 Å². The quantitative estimate of drug-likeness (QED) is 0.849. The summed E-state index contributed by atoms with van der Waals surface area (Å²) in [5.41, 5.74) is 2.07. The molecule has 0 bridgehead atoms. The Morgan fingerprint density at radius 3 is 2.67 bits per heavy atom. The molecular weight excluding hydrogens is 271 g/mol. The van der Waals surface area contributed by atoms with Gasteiger partial charge in [0.05, 0.1) is 12.2 Å². The Bertz CT molecular complexity index is 656. The van der Waals surface area contributed by atoms with Crippen LogP contribution in [-0.4, -0.2) is 46.1 Å². The zero-order valence-corrected chi connectivity index (χ0v) is 12.3. The van der Waals surface area contributed by atoms with E-state index >= 15 is 0 Å². The molecule has 3 heterocycles. The van der Waals surface area contributed by atoms with Crippen LogP contribution >= 0.6 is 0 Å². The third-order valence-corrected chi connectivity index (χ3v) is 4.00. The van der Waals surface area contributed by atoms with Gasteiger partial charge in [-0.25, -0.2) is 24.3 Å². The van der Waals surface area contributed by atoms with Gasteiger partial charge in [-0.1, -0.05) is 0 Å². The summed E-state index contributed by atoms with van der Waals surface area (Å²) >= 11 is 0. The first kappa shape index (κ1) is 13.7. The molecule has 0 aromatic carbocycles.